The first-order valence-corrected chi connectivity index (χ1v) is 4.87. The molecule has 1 nitrogen and oxygen atoms in total. The summed E-state index contributed by atoms with van der Waals surface area (Å²) in [7, 11) is 0. The van der Waals surface area contributed by atoms with Gasteiger partial charge in [0, 0.05) is 5.69 Å². The van der Waals surface area contributed by atoms with Crippen LogP contribution in [-0.2, 0) is 6.18 Å². The molecule has 1 aromatic carbocycles. The molecule has 1 aromatic rings. The van der Waals surface area contributed by atoms with E-state index in [9.17, 15) is 13.2 Å². The zero-order valence-electron chi connectivity index (χ0n) is 8.36. The van der Waals surface area contributed by atoms with E-state index in [2.05, 4.69) is 0 Å². The minimum Gasteiger partial charge on any atom is -0.399 e. The Bertz CT molecular complexity index is 392. The van der Waals surface area contributed by atoms with Crippen molar-refractivity contribution in [3.63, 3.8) is 0 Å². The van der Waals surface area contributed by atoms with Crippen LogP contribution in [0.1, 0.15) is 35.4 Å². The lowest BCUT2D eigenvalue weighted by molar-refractivity contribution is -0.138. The summed E-state index contributed by atoms with van der Waals surface area (Å²) in [5.74, 6) is 0.0591. The average molecular weight is 215 g/mol. The molecule has 0 spiro atoms. The van der Waals surface area contributed by atoms with Crippen molar-refractivity contribution >= 4 is 5.69 Å². The number of alkyl halides is 3. The monoisotopic (exact) mass is 215 g/mol. The first-order chi connectivity index (χ1) is 6.89. The fourth-order valence-electron chi connectivity index (χ4n) is 1.95. The second kappa shape index (κ2) is 3.15. The fourth-order valence-corrected chi connectivity index (χ4v) is 1.95. The van der Waals surface area contributed by atoms with Gasteiger partial charge >= 0.3 is 6.18 Å². The molecule has 2 rings (SSSR count). The van der Waals surface area contributed by atoms with Crippen molar-refractivity contribution in [1.82, 2.24) is 0 Å². The minimum absolute atomic E-state index is 0.0591. The molecule has 0 aliphatic heterocycles. The summed E-state index contributed by atoms with van der Waals surface area (Å²) in [5, 5.41) is 0. The number of anilines is 1. The molecule has 15 heavy (non-hydrogen) atoms. The molecule has 0 bridgehead atoms. The van der Waals surface area contributed by atoms with E-state index in [0.717, 1.165) is 12.8 Å². The largest absolute Gasteiger partial charge is 0.416 e. The molecule has 2 N–H and O–H groups in total. The van der Waals surface area contributed by atoms with Crippen LogP contribution in [0.4, 0.5) is 18.9 Å². The number of aryl methyl sites for hydroxylation is 1. The van der Waals surface area contributed by atoms with Gasteiger partial charge in [0.05, 0.1) is 5.56 Å². The maximum absolute atomic E-state index is 12.8. The van der Waals surface area contributed by atoms with Gasteiger partial charge in [-0.25, -0.2) is 0 Å². The topological polar surface area (TPSA) is 26.0 Å². The molecule has 0 atom stereocenters. The van der Waals surface area contributed by atoms with E-state index in [1.807, 2.05) is 0 Å². The van der Waals surface area contributed by atoms with E-state index in [1.165, 1.54) is 19.1 Å². The Morgan fingerprint density at radius 2 is 1.87 bits per heavy atom. The van der Waals surface area contributed by atoms with Gasteiger partial charge in [0.15, 0.2) is 0 Å². The summed E-state index contributed by atoms with van der Waals surface area (Å²) in [5.41, 5.74) is 6.10. The van der Waals surface area contributed by atoms with Crippen LogP contribution >= 0.6 is 0 Å². The Hall–Kier alpha value is -1.19. The SMILES string of the molecule is Cc1cc(N)cc(C2CC2)c1C(F)(F)F. The molecule has 4 heteroatoms. The predicted molar refractivity (Wildman–Crippen MR) is 52.6 cm³/mol. The molecular weight excluding hydrogens is 203 g/mol. The van der Waals surface area contributed by atoms with E-state index in [0.29, 0.717) is 11.3 Å². The van der Waals surface area contributed by atoms with E-state index in [-0.39, 0.29) is 11.5 Å². The number of halogens is 3. The second-order valence-electron chi connectivity index (χ2n) is 4.07. The highest BCUT2D eigenvalue weighted by atomic mass is 19.4. The Morgan fingerprint density at radius 1 is 1.27 bits per heavy atom. The van der Waals surface area contributed by atoms with Gasteiger partial charge in [-0.05, 0) is 48.9 Å². The number of nitrogen functional groups attached to an aromatic ring is 1. The second-order valence-corrected chi connectivity index (χ2v) is 4.07. The van der Waals surface area contributed by atoms with Crippen LogP contribution < -0.4 is 5.73 Å². The summed E-state index contributed by atoms with van der Waals surface area (Å²) in [4.78, 5) is 0. The number of hydrogen-bond acceptors (Lipinski definition) is 1. The van der Waals surface area contributed by atoms with Crippen molar-refractivity contribution in [3.8, 4) is 0 Å². The minimum atomic E-state index is -4.27. The van der Waals surface area contributed by atoms with Crippen LogP contribution in [0, 0.1) is 6.92 Å². The summed E-state index contributed by atoms with van der Waals surface area (Å²) >= 11 is 0. The first kappa shape index (κ1) is 10.3. The van der Waals surface area contributed by atoms with Crippen molar-refractivity contribution in [1.29, 1.82) is 0 Å². The smallest absolute Gasteiger partial charge is 0.399 e. The summed E-state index contributed by atoms with van der Waals surface area (Å²) in [6.07, 6.45) is -2.59. The number of nitrogens with two attached hydrogens (primary N) is 1. The molecule has 1 saturated carbocycles. The molecule has 0 unspecified atom stereocenters. The molecule has 0 saturated heterocycles. The first-order valence-electron chi connectivity index (χ1n) is 4.87. The van der Waals surface area contributed by atoms with Gasteiger partial charge in [-0.3, -0.25) is 0 Å². The van der Waals surface area contributed by atoms with Gasteiger partial charge in [0.2, 0.25) is 0 Å². The Kier molecular flexibility index (Phi) is 2.17. The van der Waals surface area contributed by atoms with Crippen molar-refractivity contribution in [2.75, 3.05) is 5.73 Å². The van der Waals surface area contributed by atoms with Crippen LogP contribution in [0.5, 0.6) is 0 Å². The molecular formula is C11H12F3N. The van der Waals surface area contributed by atoms with Crippen LogP contribution in [0.25, 0.3) is 0 Å². The standard InChI is InChI=1S/C11H12F3N/c1-6-4-8(15)5-9(7-2-3-7)10(6)11(12,13)14/h4-5,7H,2-3,15H2,1H3. The third-order valence-electron chi connectivity index (χ3n) is 2.69. The summed E-state index contributed by atoms with van der Waals surface area (Å²) in [6, 6.07) is 2.85. The van der Waals surface area contributed by atoms with Gasteiger partial charge in [0.25, 0.3) is 0 Å². The number of benzene rings is 1. The van der Waals surface area contributed by atoms with Crippen LogP contribution in [-0.4, -0.2) is 0 Å². The summed E-state index contributed by atoms with van der Waals surface area (Å²) < 4.78 is 38.4. The van der Waals surface area contributed by atoms with Crippen LogP contribution in [0.15, 0.2) is 12.1 Å². The molecule has 0 heterocycles. The molecule has 1 fully saturated rings. The lowest BCUT2D eigenvalue weighted by Gasteiger charge is -2.16. The van der Waals surface area contributed by atoms with Crippen molar-refractivity contribution in [3.05, 3.63) is 28.8 Å². The van der Waals surface area contributed by atoms with Crippen LogP contribution in [0.3, 0.4) is 0 Å². The summed E-state index contributed by atoms with van der Waals surface area (Å²) in [6.45, 7) is 1.46. The van der Waals surface area contributed by atoms with Gasteiger partial charge < -0.3 is 5.73 Å². The quantitative estimate of drug-likeness (QED) is 0.713. The maximum atomic E-state index is 12.8. The molecule has 0 amide bonds. The zero-order valence-corrected chi connectivity index (χ0v) is 8.36. The van der Waals surface area contributed by atoms with Gasteiger partial charge in [-0.1, -0.05) is 0 Å². The van der Waals surface area contributed by atoms with E-state index >= 15 is 0 Å². The maximum Gasteiger partial charge on any atom is 0.416 e. The lowest BCUT2D eigenvalue weighted by Crippen LogP contribution is -2.12. The average Bonchev–Trinajstić information content (AvgIpc) is 2.80. The Morgan fingerprint density at radius 3 is 2.33 bits per heavy atom. The molecule has 82 valence electrons. The van der Waals surface area contributed by atoms with Gasteiger partial charge in [-0.15, -0.1) is 0 Å². The van der Waals surface area contributed by atoms with Crippen molar-refractivity contribution in [2.45, 2.75) is 31.9 Å². The van der Waals surface area contributed by atoms with Crippen molar-refractivity contribution < 1.29 is 13.2 Å². The van der Waals surface area contributed by atoms with Gasteiger partial charge in [-0.2, -0.15) is 13.2 Å². The number of hydrogen-bond donors (Lipinski definition) is 1. The van der Waals surface area contributed by atoms with Crippen molar-refractivity contribution in [2.24, 2.45) is 0 Å². The van der Waals surface area contributed by atoms with Crippen LogP contribution in [0.2, 0.25) is 0 Å². The zero-order chi connectivity index (χ0) is 11.2. The van der Waals surface area contributed by atoms with E-state index in [4.69, 9.17) is 5.73 Å². The fraction of sp³-hybridized carbons (Fsp3) is 0.455. The molecule has 1 aliphatic rings. The van der Waals surface area contributed by atoms with E-state index < -0.39 is 11.7 Å². The Balaban J connectivity index is 2.59. The molecule has 0 radical (unpaired) electrons. The lowest BCUT2D eigenvalue weighted by atomic mass is 9.97. The highest BCUT2D eigenvalue weighted by Gasteiger charge is 2.39. The van der Waals surface area contributed by atoms with Gasteiger partial charge in [0.1, 0.15) is 0 Å². The normalized spacial score (nSPS) is 16.8. The highest BCUT2D eigenvalue weighted by Crippen LogP contribution is 2.47. The third-order valence-corrected chi connectivity index (χ3v) is 2.69. The third kappa shape index (κ3) is 1.94. The molecule has 0 aromatic heterocycles. The van der Waals surface area contributed by atoms with E-state index in [1.54, 1.807) is 0 Å². The predicted octanol–water partition coefficient (Wildman–Crippen LogP) is 3.47. The molecule has 1 aliphatic carbocycles. The Labute approximate surface area is 86.1 Å². The number of rotatable bonds is 1. The highest BCUT2D eigenvalue weighted by molar-refractivity contribution is 5.52.